The fourth-order valence-corrected chi connectivity index (χ4v) is 3.40. The molecule has 1 fully saturated rings. The van der Waals surface area contributed by atoms with Gasteiger partial charge in [-0.3, -0.25) is 14.9 Å². The molecule has 1 heterocycles. The second-order valence-electron chi connectivity index (χ2n) is 5.84. The number of nitrogens with one attached hydrogen (secondary N) is 1. The van der Waals surface area contributed by atoms with Gasteiger partial charge < -0.3 is 10.2 Å². The zero-order chi connectivity index (χ0) is 17.8. The number of carbonyl (C=O) groups is 1. The van der Waals surface area contributed by atoms with Gasteiger partial charge in [-0.2, -0.15) is 0 Å². The molecular weight excluding hydrogens is 338 g/mol. The second-order valence-corrected chi connectivity index (χ2v) is 6.72. The fraction of sp³-hybridized carbons (Fsp3) is 0.278. The highest BCUT2D eigenvalue weighted by atomic mass is 32.2. The summed E-state index contributed by atoms with van der Waals surface area (Å²) in [7, 11) is 0. The molecule has 130 valence electrons. The number of nitro benzene ring substituents is 1. The highest BCUT2D eigenvalue weighted by Gasteiger charge is 2.23. The Balaban J connectivity index is 1.84. The molecule has 1 amide bonds. The summed E-state index contributed by atoms with van der Waals surface area (Å²) in [5.74, 6) is -0.352. The SMILES string of the molecule is CSc1cccc(NC(=O)c2ccc(N3CCCC3)c([N+](=O)[O-])c2)c1. The van der Waals surface area contributed by atoms with E-state index in [0.29, 0.717) is 11.4 Å². The van der Waals surface area contributed by atoms with Crippen molar-refractivity contribution in [2.45, 2.75) is 17.7 Å². The van der Waals surface area contributed by atoms with E-state index in [0.717, 1.165) is 30.8 Å². The summed E-state index contributed by atoms with van der Waals surface area (Å²) in [5.41, 5.74) is 1.52. The molecule has 0 saturated carbocycles. The number of thioether (sulfide) groups is 1. The van der Waals surface area contributed by atoms with Gasteiger partial charge in [0, 0.05) is 35.3 Å². The minimum Gasteiger partial charge on any atom is -0.366 e. The molecule has 0 unspecified atom stereocenters. The zero-order valence-corrected chi connectivity index (χ0v) is 14.7. The molecule has 0 aliphatic carbocycles. The van der Waals surface area contributed by atoms with Crippen LogP contribution in [0.5, 0.6) is 0 Å². The molecule has 1 aliphatic rings. The quantitative estimate of drug-likeness (QED) is 0.494. The fourth-order valence-electron chi connectivity index (χ4n) is 2.94. The Bertz CT molecular complexity index is 804. The first-order valence-electron chi connectivity index (χ1n) is 8.07. The number of anilines is 2. The highest BCUT2D eigenvalue weighted by molar-refractivity contribution is 7.98. The Morgan fingerprint density at radius 3 is 2.64 bits per heavy atom. The number of nitrogens with zero attached hydrogens (tertiary/aromatic N) is 2. The van der Waals surface area contributed by atoms with Crippen LogP contribution in [0.1, 0.15) is 23.2 Å². The maximum atomic E-state index is 12.5. The first-order valence-corrected chi connectivity index (χ1v) is 9.30. The molecule has 7 heteroatoms. The number of carbonyl (C=O) groups excluding carboxylic acids is 1. The van der Waals surface area contributed by atoms with Gasteiger partial charge in [0.15, 0.2) is 0 Å². The van der Waals surface area contributed by atoms with Gasteiger partial charge >= 0.3 is 0 Å². The van der Waals surface area contributed by atoms with Gasteiger partial charge in [-0.25, -0.2) is 0 Å². The Labute approximate surface area is 150 Å². The molecule has 0 radical (unpaired) electrons. The van der Waals surface area contributed by atoms with E-state index in [4.69, 9.17) is 0 Å². The minimum absolute atomic E-state index is 0.0209. The molecule has 2 aromatic carbocycles. The summed E-state index contributed by atoms with van der Waals surface area (Å²) in [4.78, 5) is 26.5. The van der Waals surface area contributed by atoms with Crippen LogP contribution in [0.2, 0.25) is 0 Å². The van der Waals surface area contributed by atoms with Gasteiger partial charge in [0.2, 0.25) is 0 Å². The van der Waals surface area contributed by atoms with Crippen LogP contribution in [0.3, 0.4) is 0 Å². The largest absolute Gasteiger partial charge is 0.366 e. The predicted octanol–water partition coefficient (Wildman–Crippen LogP) is 4.17. The van der Waals surface area contributed by atoms with E-state index in [-0.39, 0.29) is 17.2 Å². The van der Waals surface area contributed by atoms with Crippen molar-refractivity contribution < 1.29 is 9.72 Å². The third-order valence-electron chi connectivity index (χ3n) is 4.21. The van der Waals surface area contributed by atoms with Gasteiger partial charge in [0.1, 0.15) is 5.69 Å². The third kappa shape index (κ3) is 3.93. The topological polar surface area (TPSA) is 75.5 Å². The maximum absolute atomic E-state index is 12.5. The molecule has 25 heavy (non-hydrogen) atoms. The summed E-state index contributed by atoms with van der Waals surface area (Å²) >= 11 is 1.58. The lowest BCUT2D eigenvalue weighted by atomic mass is 10.1. The number of benzene rings is 2. The van der Waals surface area contributed by atoms with Crippen molar-refractivity contribution in [3.05, 3.63) is 58.1 Å². The average molecular weight is 357 g/mol. The lowest BCUT2D eigenvalue weighted by Gasteiger charge is -2.17. The first kappa shape index (κ1) is 17.3. The number of hydrogen-bond donors (Lipinski definition) is 1. The summed E-state index contributed by atoms with van der Waals surface area (Å²) < 4.78 is 0. The Morgan fingerprint density at radius 2 is 1.96 bits per heavy atom. The van der Waals surface area contributed by atoms with Gasteiger partial charge in [-0.05, 0) is 49.4 Å². The van der Waals surface area contributed by atoms with Gasteiger partial charge in [-0.15, -0.1) is 11.8 Å². The van der Waals surface area contributed by atoms with E-state index < -0.39 is 4.92 Å². The van der Waals surface area contributed by atoms with Crippen molar-refractivity contribution in [3.63, 3.8) is 0 Å². The van der Waals surface area contributed by atoms with E-state index in [1.165, 1.54) is 6.07 Å². The van der Waals surface area contributed by atoms with Crippen molar-refractivity contribution in [2.75, 3.05) is 29.6 Å². The van der Waals surface area contributed by atoms with Crippen molar-refractivity contribution in [1.29, 1.82) is 0 Å². The standard InChI is InChI=1S/C18H19N3O3S/c1-25-15-6-4-5-14(12-15)19-18(22)13-7-8-16(17(11-13)21(23)24)20-9-2-3-10-20/h4-8,11-12H,2-3,9-10H2,1H3,(H,19,22). The molecular formula is C18H19N3O3S. The van der Waals surface area contributed by atoms with Crippen LogP contribution in [0.4, 0.5) is 17.1 Å². The molecule has 0 aromatic heterocycles. The van der Waals surface area contributed by atoms with Crippen LogP contribution in [0.25, 0.3) is 0 Å². The van der Waals surface area contributed by atoms with Crippen LogP contribution < -0.4 is 10.2 Å². The van der Waals surface area contributed by atoms with Crippen LogP contribution in [0, 0.1) is 10.1 Å². The van der Waals surface area contributed by atoms with Crippen molar-refractivity contribution in [2.24, 2.45) is 0 Å². The first-order chi connectivity index (χ1) is 12.1. The van der Waals surface area contributed by atoms with Crippen LogP contribution >= 0.6 is 11.8 Å². The molecule has 1 N–H and O–H groups in total. The number of nitro groups is 1. The highest BCUT2D eigenvalue weighted by Crippen LogP contribution is 2.32. The van der Waals surface area contributed by atoms with E-state index in [1.54, 1.807) is 30.0 Å². The van der Waals surface area contributed by atoms with Crippen LogP contribution in [-0.4, -0.2) is 30.2 Å². The van der Waals surface area contributed by atoms with Gasteiger partial charge in [0.05, 0.1) is 4.92 Å². The Hall–Kier alpha value is -2.54. The Morgan fingerprint density at radius 1 is 1.20 bits per heavy atom. The molecule has 1 aliphatic heterocycles. The summed E-state index contributed by atoms with van der Waals surface area (Å²) in [5, 5.41) is 14.2. The number of amides is 1. The van der Waals surface area contributed by atoms with E-state index in [1.807, 2.05) is 29.4 Å². The summed E-state index contributed by atoms with van der Waals surface area (Å²) in [6.07, 6.45) is 4.03. The van der Waals surface area contributed by atoms with Crippen molar-refractivity contribution in [3.8, 4) is 0 Å². The van der Waals surface area contributed by atoms with E-state index in [2.05, 4.69) is 5.32 Å². The normalized spacial score (nSPS) is 13.7. The zero-order valence-electron chi connectivity index (χ0n) is 13.9. The monoisotopic (exact) mass is 357 g/mol. The predicted molar refractivity (Wildman–Crippen MR) is 101 cm³/mol. The second kappa shape index (κ2) is 7.57. The average Bonchev–Trinajstić information content (AvgIpc) is 3.15. The molecule has 6 nitrogen and oxygen atoms in total. The van der Waals surface area contributed by atoms with Gasteiger partial charge in [-0.1, -0.05) is 6.07 Å². The smallest absolute Gasteiger partial charge is 0.293 e. The summed E-state index contributed by atoms with van der Waals surface area (Å²) in [6.45, 7) is 1.63. The van der Waals surface area contributed by atoms with Crippen LogP contribution in [-0.2, 0) is 0 Å². The number of rotatable bonds is 5. The Kier molecular flexibility index (Phi) is 5.23. The number of hydrogen-bond acceptors (Lipinski definition) is 5. The lowest BCUT2D eigenvalue weighted by molar-refractivity contribution is -0.384. The molecule has 1 saturated heterocycles. The maximum Gasteiger partial charge on any atom is 0.293 e. The molecule has 3 rings (SSSR count). The molecule has 0 atom stereocenters. The summed E-state index contributed by atoms with van der Waals surface area (Å²) in [6, 6.07) is 12.2. The molecule has 0 spiro atoms. The molecule has 0 bridgehead atoms. The molecule has 2 aromatic rings. The van der Waals surface area contributed by atoms with Crippen LogP contribution in [0.15, 0.2) is 47.4 Å². The third-order valence-corrected chi connectivity index (χ3v) is 4.93. The van der Waals surface area contributed by atoms with Gasteiger partial charge in [0.25, 0.3) is 11.6 Å². The minimum atomic E-state index is -0.418. The van der Waals surface area contributed by atoms with E-state index in [9.17, 15) is 14.9 Å². The van der Waals surface area contributed by atoms with E-state index >= 15 is 0 Å². The lowest BCUT2D eigenvalue weighted by Crippen LogP contribution is -2.19. The van der Waals surface area contributed by atoms with Crippen molar-refractivity contribution in [1.82, 2.24) is 0 Å². The van der Waals surface area contributed by atoms with Crippen molar-refractivity contribution >= 4 is 34.7 Å².